The lowest BCUT2D eigenvalue weighted by molar-refractivity contribution is -0.117. The third kappa shape index (κ3) is 6.13. The molecule has 0 aliphatic rings. The fourth-order valence-electron chi connectivity index (χ4n) is 0.890. The summed E-state index contributed by atoms with van der Waals surface area (Å²) in [5.74, 6) is 0.150. The van der Waals surface area contributed by atoms with E-state index >= 15 is 0 Å². The predicted molar refractivity (Wildman–Crippen MR) is 49.6 cm³/mol. The first-order valence-corrected chi connectivity index (χ1v) is 4.45. The Hall–Kier alpha value is -1.06. The van der Waals surface area contributed by atoms with Gasteiger partial charge in [0.05, 0.1) is 6.61 Å². The van der Waals surface area contributed by atoms with Gasteiger partial charge in [-0.25, -0.2) is 4.79 Å². The van der Waals surface area contributed by atoms with Gasteiger partial charge in [0.25, 0.3) is 0 Å². The second-order valence-electron chi connectivity index (χ2n) is 2.93. The van der Waals surface area contributed by atoms with Crippen LogP contribution in [-0.4, -0.2) is 37.0 Å². The summed E-state index contributed by atoms with van der Waals surface area (Å²) in [4.78, 5) is 23.1. The van der Waals surface area contributed by atoms with Crippen LogP contribution in [0.5, 0.6) is 0 Å². The van der Waals surface area contributed by atoms with Gasteiger partial charge in [0, 0.05) is 20.0 Å². The van der Waals surface area contributed by atoms with Gasteiger partial charge in [-0.2, -0.15) is 0 Å². The first-order chi connectivity index (χ1) is 6.07. The minimum absolute atomic E-state index is 0.150. The van der Waals surface area contributed by atoms with Gasteiger partial charge < -0.3 is 14.4 Å². The van der Waals surface area contributed by atoms with Crippen molar-refractivity contribution in [2.45, 2.75) is 26.7 Å². The van der Waals surface area contributed by atoms with E-state index in [2.05, 4.69) is 0 Å². The molecule has 0 spiro atoms. The Bertz CT molecular complexity index is 180. The Balaban J connectivity index is 3.55. The first kappa shape index (κ1) is 11.9. The average Bonchev–Trinajstić information content (AvgIpc) is 2.04. The lowest BCUT2D eigenvalue weighted by Crippen LogP contribution is -2.28. The van der Waals surface area contributed by atoms with Gasteiger partial charge >= 0.3 is 6.09 Å². The zero-order valence-corrected chi connectivity index (χ0v) is 8.50. The number of amides is 1. The lowest BCUT2D eigenvalue weighted by Gasteiger charge is -2.15. The van der Waals surface area contributed by atoms with Crippen LogP contribution in [0.25, 0.3) is 0 Å². The fraction of sp³-hybridized carbons (Fsp3) is 0.778. The number of carbonyl (C=O) groups excluding carboxylic acids is 2. The highest BCUT2D eigenvalue weighted by Crippen LogP contribution is 1.96. The molecule has 0 aromatic rings. The van der Waals surface area contributed by atoms with Gasteiger partial charge in [-0.05, 0) is 20.3 Å². The van der Waals surface area contributed by atoms with Gasteiger partial charge in [-0.3, -0.25) is 0 Å². The number of hydrogen-bond acceptors (Lipinski definition) is 3. The molecule has 4 heteroatoms. The summed E-state index contributed by atoms with van der Waals surface area (Å²) in [7, 11) is 1.66. The van der Waals surface area contributed by atoms with E-state index in [1.54, 1.807) is 20.9 Å². The molecule has 13 heavy (non-hydrogen) atoms. The molecular weight excluding hydrogens is 170 g/mol. The normalized spacial score (nSPS) is 9.46. The van der Waals surface area contributed by atoms with E-state index in [1.165, 1.54) is 4.90 Å². The first-order valence-electron chi connectivity index (χ1n) is 4.45. The van der Waals surface area contributed by atoms with Crippen molar-refractivity contribution < 1.29 is 14.3 Å². The maximum Gasteiger partial charge on any atom is 0.409 e. The maximum absolute atomic E-state index is 11.0. The number of Topliss-reactive ketones (excluding diaryl/α,β-unsaturated/α-hetero) is 1. The molecule has 0 rings (SSSR count). The van der Waals surface area contributed by atoms with Crippen molar-refractivity contribution in [1.82, 2.24) is 4.90 Å². The summed E-state index contributed by atoms with van der Waals surface area (Å²) in [5, 5.41) is 0. The van der Waals surface area contributed by atoms with Crippen LogP contribution < -0.4 is 0 Å². The van der Waals surface area contributed by atoms with E-state index in [9.17, 15) is 9.59 Å². The third-order valence-corrected chi connectivity index (χ3v) is 1.60. The Morgan fingerprint density at radius 1 is 1.38 bits per heavy atom. The van der Waals surface area contributed by atoms with Crippen molar-refractivity contribution in [3.05, 3.63) is 0 Å². The van der Waals surface area contributed by atoms with E-state index in [0.29, 0.717) is 26.0 Å². The van der Waals surface area contributed by atoms with Crippen molar-refractivity contribution in [2.24, 2.45) is 0 Å². The Labute approximate surface area is 78.9 Å². The van der Waals surface area contributed by atoms with Crippen LogP contribution in [0.2, 0.25) is 0 Å². The summed E-state index contributed by atoms with van der Waals surface area (Å²) < 4.78 is 4.76. The van der Waals surface area contributed by atoms with E-state index in [1.807, 2.05) is 0 Å². The van der Waals surface area contributed by atoms with Crippen molar-refractivity contribution in [3.8, 4) is 0 Å². The summed E-state index contributed by atoms with van der Waals surface area (Å²) in [6.07, 6.45) is 0.889. The molecular formula is C9H17NO3. The summed E-state index contributed by atoms with van der Waals surface area (Å²) >= 11 is 0. The van der Waals surface area contributed by atoms with Gasteiger partial charge in [-0.1, -0.05) is 0 Å². The van der Waals surface area contributed by atoms with Crippen LogP contribution in [0, 0.1) is 0 Å². The molecule has 76 valence electrons. The Morgan fingerprint density at radius 3 is 2.46 bits per heavy atom. The molecule has 0 radical (unpaired) electrons. The number of rotatable bonds is 5. The van der Waals surface area contributed by atoms with Crippen LogP contribution in [0.1, 0.15) is 26.7 Å². The highest BCUT2D eigenvalue weighted by atomic mass is 16.5. The van der Waals surface area contributed by atoms with Crippen LogP contribution in [0.15, 0.2) is 0 Å². The third-order valence-electron chi connectivity index (χ3n) is 1.60. The zero-order chi connectivity index (χ0) is 10.3. The standard InChI is InChI=1S/C9H17NO3/c1-4-13-9(12)10(3)7-5-6-8(2)11/h4-7H2,1-3H3. The molecule has 0 unspecified atom stereocenters. The van der Waals surface area contributed by atoms with Gasteiger partial charge in [0.2, 0.25) is 0 Å². The van der Waals surface area contributed by atoms with Gasteiger partial charge in [-0.15, -0.1) is 0 Å². The summed E-state index contributed by atoms with van der Waals surface area (Å²) in [6.45, 7) is 4.26. The molecule has 0 bridgehead atoms. The van der Waals surface area contributed by atoms with Crippen molar-refractivity contribution in [1.29, 1.82) is 0 Å². The molecule has 0 saturated heterocycles. The average molecular weight is 187 g/mol. The molecule has 0 aromatic carbocycles. The molecule has 0 saturated carbocycles. The highest BCUT2D eigenvalue weighted by Gasteiger charge is 2.08. The molecule has 0 aromatic heterocycles. The lowest BCUT2D eigenvalue weighted by atomic mass is 10.2. The van der Waals surface area contributed by atoms with Crippen LogP contribution >= 0.6 is 0 Å². The molecule has 0 atom stereocenters. The largest absolute Gasteiger partial charge is 0.450 e. The second kappa shape index (κ2) is 6.46. The van der Waals surface area contributed by atoms with E-state index < -0.39 is 0 Å². The van der Waals surface area contributed by atoms with Gasteiger partial charge in [0.15, 0.2) is 0 Å². The van der Waals surface area contributed by atoms with E-state index in [0.717, 1.165) is 0 Å². The number of ether oxygens (including phenoxy) is 1. The maximum atomic E-state index is 11.0. The fourth-order valence-corrected chi connectivity index (χ4v) is 0.890. The number of ketones is 1. The molecule has 0 N–H and O–H groups in total. The van der Waals surface area contributed by atoms with E-state index in [-0.39, 0.29) is 11.9 Å². The van der Waals surface area contributed by atoms with Crippen molar-refractivity contribution in [2.75, 3.05) is 20.2 Å². The Kier molecular flexibility index (Phi) is 5.93. The molecule has 0 fully saturated rings. The molecule has 0 heterocycles. The van der Waals surface area contributed by atoms with Crippen molar-refractivity contribution in [3.63, 3.8) is 0 Å². The summed E-state index contributed by atoms with van der Waals surface area (Å²) in [6, 6.07) is 0. The molecule has 4 nitrogen and oxygen atoms in total. The van der Waals surface area contributed by atoms with Gasteiger partial charge in [0.1, 0.15) is 5.78 Å². The molecule has 0 aliphatic carbocycles. The molecule has 1 amide bonds. The number of nitrogens with zero attached hydrogens (tertiary/aromatic N) is 1. The zero-order valence-electron chi connectivity index (χ0n) is 8.50. The van der Waals surface area contributed by atoms with Crippen molar-refractivity contribution >= 4 is 11.9 Å². The monoisotopic (exact) mass is 187 g/mol. The highest BCUT2D eigenvalue weighted by molar-refractivity contribution is 5.75. The predicted octanol–water partition coefficient (Wildman–Crippen LogP) is 1.44. The minimum atomic E-state index is -0.328. The SMILES string of the molecule is CCOC(=O)N(C)CCCC(C)=O. The topological polar surface area (TPSA) is 46.6 Å². The van der Waals surface area contributed by atoms with E-state index in [4.69, 9.17) is 4.74 Å². The number of carbonyl (C=O) groups is 2. The quantitative estimate of drug-likeness (QED) is 0.654. The summed E-state index contributed by atoms with van der Waals surface area (Å²) in [5.41, 5.74) is 0. The smallest absolute Gasteiger partial charge is 0.409 e. The van der Waals surface area contributed by atoms with Crippen LogP contribution in [-0.2, 0) is 9.53 Å². The van der Waals surface area contributed by atoms with Crippen LogP contribution in [0.4, 0.5) is 4.79 Å². The minimum Gasteiger partial charge on any atom is -0.450 e. The number of hydrogen-bond donors (Lipinski definition) is 0. The van der Waals surface area contributed by atoms with Crippen LogP contribution in [0.3, 0.4) is 0 Å². The molecule has 0 aliphatic heterocycles. The Morgan fingerprint density at radius 2 is 2.00 bits per heavy atom. The second-order valence-corrected chi connectivity index (χ2v) is 2.93.